The van der Waals surface area contributed by atoms with E-state index in [-0.39, 0.29) is 23.6 Å². The van der Waals surface area contributed by atoms with Crippen LogP contribution in [-0.4, -0.2) is 49.3 Å². The van der Waals surface area contributed by atoms with Gasteiger partial charge in [0.05, 0.1) is 6.61 Å². The van der Waals surface area contributed by atoms with Gasteiger partial charge in [0, 0.05) is 31.3 Å². The Hall–Kier alpha value is -1.26. The van der Waals surface area contributed by atoms with Crippen LogP contribution in [0.2, 0.25) is 18.1 Å². The Balaban J connectivity index is 1.85. The molecule has 9 heteroatoms. The molecule has 3 N–H and O–H groups in total. The summed E-state index contributed by atoms with van der Waals surface area (Å²) in [6, 6.07) is 1.30. The molecule has 3 rings (SSSR count). The molecule has 3 unspecified atom stereocenters. The van der Waals surface area contributed by atoms with Crippen molar-refractivity contribution in [1.82, 2.24) is 9.55 Å². The van der Waals surface area contributed by atoms with Crippen LogP contribution in [-0.2, 0) is 13.9 Å². The van der Waals surface area contributed by atoms with Crippen LogP contribution >= 0.6 is 0 Å². The molecule has 2 aliphatic heterocycles. The fourth-order valence-electron chi connectivity index (χ4n) is 3.33. The molecule has 26 heavy (non-hydrogen) atoms. The van der Waals surface area contributed by atoms with E-state index in [1.54, 1.807) is 0 Å². The first-order valence-corrected chi connectivity index (χ1v) is 11.9. The van der Waals surface area contributed by atoms with Gasteiger partial charge in [-0.05, 0) is 18.1 Å². The maximum Gasteiger partial charge on any atom is 0.330 e. The number of aromatic amines is 1. The smallest absolute Gasteiger partial charge is 0.330 e. The number of hydrogen-bond donors (Lipinski definition) is 2. The summed E-state index contributed by atoms with van der Waals surface area (Å²) in [6.07, 6.45) is 0.475. The second-order valence-corrected chi connectivity index (χ2v) is 13.6. The highest BCUT2D eigenvalue weighted by Crippen LogP contribution is 2.49. The van der Waals surface area contributed by atoms with Crippen LogP contribution in [0.5, 0.6) is 0 Å². The molecule has 1 aromatic heterocycles. The Morgan fingerprint density at radius 1 is 1.42 bits per heavy atom. The van der Waals surface area contributed by atoms with E-state index in [4.69, 9.17) is 19.6 Å². The normalized spacial score (nSPS) is 31.5. The molecule has 0 aromatic carbocycles. The lowest BCUT2D eigenvalue weighted by Gasteiger charge is -2.38. The number of hydrogen-bond acceptors (Lipinski definition) is 6. The fraction of sp³-hybridized carbons (Fsp3) is 0.765. The van der Waals surface area contributed by atoms with Crippen LogP contribution in [0.1, 0.15) is 27.0 Å². The lowest BCUT2D eigenvalue weighted by Crippen LogP contribution is -2.49. The predicted octanol–water partition coefficient (Wildman–Crippen LogP) is 0.800. The van der Waals surface area contributed by atoms with Gasteiger partial charge in [-0.1, -0.05) is 20.8 Å². The van der Waals surface area contributed by atoms with E-state index in [9.17, 15) is 9.59 Å². The summed E-state index contributed by atoms with van der Waals surface area (Å²) < 4.78 is 19.9. The van der Waals surface area contributed by atoms with Crippen LogP contribution in [0.15, 0.2) is 21.9 Å². The van der Waals surface area contributed by atoms with Gasteiger partial charge in [-0.25, -0.2) is 4.79 Å². The highest BCUT2D eigenvalue weighted by atomic mass is 28.4. The highest BCUT2D eigenvalue weighted by Gasteiger charge is 2.61. The summed E-state index contributed by atoms with van der Waals surface area (Å²) in [4.78, 5) is 25.8. The first-order chi connectivity index (χ1) is 12.0. The first-order valence-electron chi connectivity index (χ1n) is 8.96. The van der Waals surface area contributed by atoms with Gasteiger partial charge in [-0.2, -0.15) is 0 Å². The van der Waals surface area contributed by atoms with Crippen LogP contribution in [0.25, 0.3) is 0 Å². The van der Waals surface area contributed by atoms with E-state index < -0.39 is 31.4 Å². The molecule has 0 radical (unpaired) electrons. The molecule has 2 fully saturated rings. The second-order valence-electron chi connectivity index (χ2n) is 8.75. The summed E-state index contributed by atoms with van der Waals surface area (Å²) in [5, 5.41) is 0.0947. The molecule has 0 amide bonds. The summed E-state index contributed by atoms with van der Waals surface area (Å²) in [6.45, 7) is 12.1. The van der Waals surface area contributed by atoms with E-state index >= 15 is 0 Å². The standard InChI is InChI=1S/C17H29N3O5Si/c1-16(2,3)26(4,5)24-8-11-13-14(25-17(11,9-18)10-23-13)20-7-6-12(21)19-15(20)22/h6-7,11,13-14H,8-10,18H2,1-5H3,(H,19,21,22)/t11?,13?,14?,17-/m0/s1. The molecule has 146 valence electrons. The molecular formula is C17H29N3O5Si. The lowest BCUT2D eigenvalue weighted by atomic mass is 9.89. The van der Waals surface area contributed by atoms with Crippen molar-refractivity contribution in [3.8, 4) is 0 Å². The van der Waals surface area contributed by atoms with Gasteiger partial charge in [0.15, 0.2) is 14.5 Å². The Morgan fingerprint density at radius 2 is 2.12 bits per heavy atom. The third kappa shape index (κ3) is 3.11. The summed E-state index contributed by atoms with van der Waals surface area (Å²) >= 11 is 0. The molecule has 4 atom stereocenters. The van der Waals surface area contributed by atoms with Crippen molar-refractivity contribution in [1.29, 1.82) is 0 Å². The Labute approximate surface area is 153 Å². The van der Waals surface area contributed by atoms with Crippen molar-refractivity contribution in [2.75, 3.05) is 19.8 Å². The van der Waals surface area contributed by atoms with Crippen molar-refractivity contribution in [3.63, 3.8) is 0 Å². The average Bonchev–Trinajstić information content (AvgIpc) is 3.04. The van der Waals surface area contributed by atoms with Crippen molar-refractivity contribution >= 4 is 8.32 Å². The monoisotopic (exact) mass is 383 g/mol. The zero-order valence-corrected chi connectivity index (χ0v) is 17.1. The van der Waals surface area contributed by atoms with E-state index in [0.29, 0.717) is 13.2 Å². The van der Waals surface area contributed by atoms with Crippen LogP contribution < -0.4 is 17.0 Å². The van der Waals surface area contributed by atoms with Crippen LogP contribution in [0, 0.1) is 5.92 Å². The van der Waals surface area contributed by atoms with Gasteiger partial charge in [0.2, 0.25) is 0 Å². The van der Waals surface area contributed by atoms with E-state index in [0.717, 1.165) is 0 Å². The SMILES string of the molecule is CC(C)(C)[Si](C)(C)OCC1C2OC[C@]1(CN)OC2n1ccc(=O)[nH]c1=O. The minimum Gasteiger partial charge on any atom is -0.416 e. The molecule has 2 bridgehead atoms. The molecule has 3 heterocycles. The van der Waals surface area contributed by atoms with E-state index in [1.165, 1.54) is 16.8 Å². The molecule has 0 spiro atoms. The largest absolute Gasteiger partial charge is 0.416 e. The molecule has 8 nitrogen and oxygen atoms in total. The molecule has 2 aliphatic rings. The number of fused-ring (bicyclic) bond motifs is 2. The number of rotatable bonds is 5. The van der Waals surface area contributed by atoms with Gasteiger partial charge < -0.3 is 19.6 Å². The predicted molar refractivity (Wildman–Crippen MR) is 99.6 cm³/mol. The summed E-state index contributed by atoms with van der Waals surface area (Å²) in [5.74, 6) is -0.0644. The van der Waals surface area contributed by atoms with Crippen LogP contribution in [0.4, 0.5) is 0 Å². The third-order valence-electron chi connectivity index (χ3n) is 6.13. The Bertz CT molecular complexity index is 784. The molecule has 0 aliphatic carbocycles. The van der Waals surface area contributed by atoms with E-state index in [1.807, 2.05) is 0 Å². The average molecular weight is 384 g/mol. The summed E-state index contributed by atoms with van der Waals surface area (Å²) in [7, 11) is -1.94. The Kier molecular flexibility index (Phi) is 4.81. The Morgan fingerprint density at radius 3 is 2.69 bits per heavy atom. The first kappa shape index (κ1) is 19.5. The number of H-pyrrole nitrogens is 1. The summed E-state index contributed by atoms with van der Waals surface area (Å²) in [5.41, 5.74) is 4.39. The minimum absolute atomic E-state index is 0.0644. The fourth-order valence-corrected chi connectivity index (χ4v) is 4.36. The minimum atomic E-state index is -1.94. The highest BCUT2D eigenvalue weighted by molar-refractivity contribution is 6.74. The van der Waals surface area contributed by atoms with Crippen molar-refractivity contribution in [3.05, 3.63) is 33.1 Å². The maximum atomic E-state index is 12.2. The second kappa shape index (κ2) is 6.41. The number of nitrogens with zero attached hydrogens (tertiary/aromatic N) is 1. The topological polar surface area (TPSA) is 109 Å². The molecule has 1 aromatic rings. The third-order valence-corrected chi connectivity index (χ3v) is 10.6. The lowest BCUT2D eigenvalue weighted by molar-refractivity contribution is -0.170. The van der Waals surface area contributed by atoms with Crippen molar-refractivity contribution in [2.24, 2.45) is 11.7 Å². The van der Waals surface area contributed by atoms with E-state index in [2.05, 4.69) is 38.8 Å². The van der Waals surface area contributed by atoms with Crippen molar-refractivity contribution < 1.29 is 13.9 Å². The number of aromatic nitrogens is 2. The number of ether oxygens (including phenoxy) is 2. The molecular weight excluding hydrogens is 354 g/mol. The quantitative estimate of drug-likeness (QED) is 0.728. The zero-order chi connectivity index (χ0) is 19.3. The van der Waals surface area contributed by atoms with Crippen molar-refractivity contribution in [2.45, 2.75) is 56.8 Å². The number of nitrogens with one attached hydrogen (secondary N) is 1. The maximum absolute atomic E-state index is 12.2. The van der Waals surface area contributed by atoms with Crippen LogP contribution in [0.3, 0.4) is 0 Å². The molecule has 2 saturated heterocycles. The van der Waals surface area contributed by atoms with Gasteiger partial charge in [0.1, 0.15) is 11.7 Å². The zero-order valence-electron chi connectivity index (χ0n) is 16.1. The van der Waals surface area contributed by atoms with Gasteiger partial charge in [-0.15, -0.1) is 0 Å². The van der Waals surface area contributed by atoms with Gasteiger partial charge in [-0.3, -0.25) is 14.3 Å². The van der Waals surface area contributed by atoms with Gasteiger partial charge >= 0.3 is 5.69 Å². The number of nitrogens with two attached hydrogens (primary N) is 1. The molecule has 0 saturated carbocycles. The van der Waals surface area contributed by atoms with Gasteiger partial charge in [0.25, 0.3) is 5.56 Å².